The number of esters is 2. The molecule has 5 N–H and O–H groups in total. The Morgan fingerprint density at radius 2 is 1.01 bits per heavy atom. The molecule has 6 rings (SSSR count). The highest BCUT2D eigenvalue weighted by Gasteiger charge is 2.40. The van der Waals surface area contributed by atoms with Crippen molar-refractivity contribution in [3.63, 3.8) is 0 Å². The van der Waals surface area contributed by atoms with E-state index in [1.54, 1.807) is 38.6 Å². The normalized spacial score (nSPS) is 13.7. The smallest absolute Gasteiger partial charge is 0.329 e. The summed E-state index contributed by atoms with van der Waals surface area (Å²) in [7, 11) is -1.52. The van der Waals surface area contributed by atoms with Crippen LogP contribution in [-0.2, 0) is 42.9 Å². The number of thioether (sulfide) groups is 2. The molecule has 0 spiro atoms. The SMILES string of the molecule is C/C=C(\NC(=O)C(CSC(c1ccccc1)(c1ccccc1)c1ccccc1)NC(=O)C(N)C(C)C)C(=O)NC(C(=O)OC(/C=C/CCSC(c1ccccc1)(c1ccccc1)c1ccccc1)CC(=O)OCC[Si](C)(C)C)C(C)C. The Morgan fingerprint density at radius 1 is 0.593 bits per heavy atom. The van der Waals surface area contributed by atoms with E-state index >= 15 is 0 Å². The molecule has 11 nitrogen and oxygen atoms in total. The maximum atomic E-state index is 14.7. The monoisotopic (exact) mass is 1140 g/mol. The molecule has 81 heavy (non-hydrogen) atoms. The van der Waals surface area contributed by atoms with Crippen LogP contribution in [0.2, 0.25) is 25.7 Å². The minimum atomic E-state index is -1.52. The molecule has 0 radical (unpaired) electrons. The minimum Gasteiger partial charge on any atom is -0.466 e. The van der Waals surface area contributed by atoms with Gasteiger partial charge in [0.1, 0.15) is 23.9 Å². The first-order valence-corrected chi connectivity index (χ1v) is 33.5. The Balaban J connectivity index is 1.22. The van der Waals surface area contributed by atoms with Gasteiger partial charge in [0.2, 0.25) is 11.8 Å². The third kappa shape index (κ3) is 17.5. The molecule has 0 bridgehead atoms. The van der Waals surface area contributed by atoms with Crippen molar-refractivity contribution in [3.05, 3.63) is 239 Å². The van der Waals surface area contributed by atoms with Crippen molar-refractivity contribution in [2.75, 3.05) is 18.1 Å². The van der Waals surface area contributed by atoms with Crippen molar-refractivity contribution >= 4 is 61.3 Å². The van der Waals surface area contributed by atoms with Gasteiger partial charge in [0.05, 0.1) is 28.6 Å². The fourth-order valence-corrected chi connectivity index (χ4v) is 13.0. The Morgan fingerprint density at radius 3 is 1.40 bits per heavy atom. The molecule has 0 heterocycles. The zero-order valence-corrected chi connectivity index (χ0v) is 50.6. The number of rotatable bonds is 29. The summed E-state index contributed by atoms with van der Waals surface area (Å²) < 4.78 is 10.4. The zero-order chi connectivity index (χ0) is 58.4. The van der Waals surface area contributed by atoms with E-state index in [0.29, 0.717) is 12.2 Å². The lowest BCUT2D eigenvalue weighted by molar-refractivity contribution is -0.156. The van der Waals surface area contributed by atoms with Gasteiger partial charge in [-0.1, -0.05) is 241 Å². The van der Waals surface area contributed by atoms with Gasteiger partial charge in [0, 0.05) is 13.8 Å². The summed E-state index contributed by atoms with van der Waals surface area (Å²) in [6.45, 7) is 15.7. The number of ether oxygens (including phenoxy) is 2. The molecule has 4 unspecified atom stereocenters. The van der Waals surface area contributed by atoms with Crippen molar-refractivity contribution in [1.82, 2.24) is 16.0 Å². The van der Waals surface area contributed by atoms with Crippen LogP contribution >= 0.6 is 23.5 Å². The van der Waals surface area contributed by atoms with E-state index < -0.39 is 77.4 Å². The van der Waals surface area contributed by atoms with Crippen LogP contribution in [0.1, 0.15) is 80.8 Å². The second-order valence-corrected chi connectivity index (χ2v) is 30.0. The van der Waals surface area contributed by atoms with Crippen LogP contribution < -0.4 is 21.7 Å². The van der Waals surface area contributed by atoms with Crippen LogP contribution in [-0.4, -0.2) is 80.1 Å². The van der Waals surface area contributed by atoms with Crippen molar-refractivity contribution in [2.45, 2.75) is 107 Å². The van der Waals surface area contributed by atoms with Crippen molar-refractivity contribution in [1.29, 1.82) is 0 Å². The fraction of sp³-hybridized carbons (Fsp3) is 0.328. The summed E-state index contributed by atoms with van der Waals surface area (Å²) in [6.07, 6.45) is 4.41. The first-order chi connectivity index (χ1) is 38.9. The number of nitrogens with one attached hydrogen (secondary N) is 3. The van der Waals surface area contributed by atoms with Gasteiger partial charge < -0.3 is 31.2 Å². The summed E-state index contributed by atoms with van der Waals surface area (Å²) in [5.74, 6) is -3.19. The highest BCUT2D eigenvalue weighted by atomic mass is 32.2. The first kappa shape index (κ1) is 63.2. The van der Waals surface area contributed by atoms with E-state index in [-0.39, 0.29) is 30.4 Å². The molecule has 0 fully saturated rings. The average Bonchev–Trinajstić information content (AvgIpc) is 3.52. The van der Waals surface area contributed by atoms with E-state index in [1.165, 1.54) is 17.8 Å². The highest BCUT2D eigenvalue weighted by molar-refractivity contribution is 8.00. The predicted molar refractivity (Wildman–Crippen MR) is 334 cm³/mol. The van der Waals surface area contributed by atoms with Gasteiger partial charge in [-0.05, 0) is 76.4 Å². The lowest BCUT2D eigenvalue weighted by atomic mass is 9.84. The Labute approximate surface area is 489 Å². The quantitative estimate of drug-likeness (QED) is 0.00887. The van der Waals surface area contributed by atoms with Gasteiger partial charge in [0.25, 0.3) is 5.91 Å². The molecule has 0 aromatic heterocycles. The van der Waals surface area contributed by atoms with E-state index in [0.717, 1.165) is 39.4 Å². The Bertz CT molecular complexity index is 2800. The van der Waals surface area contributed by atoms with Crippen LogP contribution in [0.15, 0.2) is 206 Å². The average molecular weight is 1150 g/mol. The number of allylic oxidation sites excluding steroid dienone is 2. The van der Waals surface area contributed by atoms with Crippen LogP contribution in [0.3, 0.4) is 0 Å². The van der Waals surface area contributed by atoms with Crippen LogP contribution in [0, 0.1) is 11.8 Å². The van der Waals surface area contributed by atoms with Crippen molar-refractivity contribution in [3.8, 4) is 0 Å². The second kappa shape index (κ2) is 30.7. The molecule has 14 heteroatoms. The number of hydrogen-bond acceptors (Lipinski definition) is 10. The first-order valence-electron chi connectivity index (χ1n) is 27.9. The highest BCUT2D eigenvalue weighted by Crippen LogP contribution is 2.50. The maximum Gasteiger partial charge on any atom is 0.329 e. The number of amides is 3. The summed E-state index contributed by atoms with van der Waals surface area (Å²) in [6, 6.07) is 58.7. The number of nitrogens with two attached hydrogens (primary N) is 1. The third-order valence-electron chi connectivity index (χ3n) is 13.9. The molecular weight excluding hydrogens is 1060 g/mol. The number of hydrogen-bond donors (Lipinski definition) is 4. The topological polar surface area (TPSA) is 166 Å². The summed E-state index contributed by atoms with van der Waals surface area (Å²) in [5.41, 5.74) is 12.5. The Hall–Kier alpha value is -6.97. The number of carbonyl (C=O) groups is 5. The van der Waals surface area contributed by atoms with E-state index in [9.17, 15) is 24.0 Å². The van der Waals surface area contributed by atoms with Crippen LogP contribution in [0.4, 0.5) is 0 Å². The van der Waals surface area contributed by atoms with Gasteiger partial charge in [-0.2, -0.15) is 0 Å². The largest absolute Gasteiger partial charge is 0.466 e. The lowest BCUT2D eigenvalue weighted by Gasteiger charge is -2.36. The molecule has 0 saturated carbocycles. The van der Waals surface area contributed by atoms with Crippen LogP contribution in [0.5, 0.6) is 0 Å². The number of benzene rings is 6. The van der Waals surface area contributed by atoms with E-state index in [1.807, 2.05) is 129 Å². The lowest BCUT2D eigenvalue weighted by Crippen LogP contribution is -2.55. The molecule has 4 atom stereocenters. The summed E-state index contributed by atoms with van der Waals surface area (Å²) in [5, 5.41) is 8.49. The van der Waals surface area contributed by atoms with Gasteiger partial charge >= 0.3 is 11.9 Å². The molecule has 3 amide bonds. The number of carbonyl (C=O) groups excluding carboxylic acids is 5. The minimum absolute atomic E-state index is 0.0583. The van der Waals surface area contributed by atoms with Gasteiger partial charge in [-0.25, -0.2) is 4.79 Å². The molecule has 6 aromatic carbocycles. The van der Waals surface area contributed by atoms with Gasteiger partial charge in [0.15, 0.2) is 0 Å². The maximum absolute atomic E-state index is 14.7. The van der Waals surface area contributed by atoms with E-state index in [4.69, 9.17) is 15.2 Å². The molecule has 0 saturated heterocycles. The second-order valence-electron chi connectivity index (χ2n) is 21.9. The van der Waals surface area contributed by atoms with Crippen LogP contribution in [0.25, 0.3) is 0 Å². The third-order valence-corrected chi connectivity index (χ3v) is 18.8. The molecular formula is C67H80N4O7S2Si. The molecule has 6 aromatic rings. The zero-order valence-electron chi connectivity index (χ0n) is 48.0. The van der Waals surface area contributed by atoms with Gasteiger partial charge in [-0.3, -0.25) is 19.2 Å². The van der Waals surface area contributed by atoms with Gasteiger partial charge in [-0.15, -0.1) is 23.5 Å². The summed E-state index contributed by atoms with van der Waals surface area (Å²) >= 11 is 3.27. The Kier molecular flexibility index (Phi) is 24.0. The summed E-state index contributed by atoms with van der Waals surface area (Å²) in [4.78, 5) is 70.6. The van der Waals surface area contributed by atoms with Crippen molar-refractivity contribution in [2.24, 2.45) is 17.6 Å². The predicted octanol–water partition coefficient (Wildman–Crippen LogP) is 12.2. The van der Waals surface area contributed by atoms with Crippen molar-refractivity contribution < 1.29 is 33.4 Å². The standard InChI is InChI=1S/C67H80N4O7S2Si/c1-9-57(69-63(74)58(70-64(75)60(68)48(2)3)47-80-67(53-36-22-13-23-37-53,54-38-24-14-25-39-54)55-40-26-15-27-41-55)62(73)71-61(49(4)5)65(76)78-56(46-59(72)77-43-45-81(6,7)8)42-28-29-44-79-66(50-30-16-10-17-31-50,51-32-18-11-19-33-51)52-34-20-12-21-35-52/h9-28,30-42,48-49,56,58,60-61H,29,43-47,68H2,1-8H3,(H,69,74)(H,70,75)(H,71,73)/b42-28+,57-9-. The van der Waals surface area contributed by atoms with E-state index in [2.05, 4.69) is 108 Å². The fourth-order valence-electron chi connectivity index (χ4n) is 9.29. The molecule has 0 aliphatic carbocycles. The molecule has 0 aliphatic rings. The molecule has 426 valence electrons. The molecule has 0 aliphatic heterocycles.